The maximum Gasteiger partial charge on any atom is 0.0795 e. The fraction of sp³-hybridized carbons (Fsp3) is 0.667. The molecule has 0 aliphatic carbocycles. The van der Waals surface area contributed by atoms with E-state index in [0.29, 0.717) is 0 Å². The van der Waals surface area contributed by atoms with E-state index in [1.165, 1.54) is 17.8 Å². The van der Waals surface area contributed by atoms with Gasteiger partial charge in [-0.3, -0.25) is 4.98 Å². The van der Waals surface area contributed by atoms with E-state index in [1.54, 1.807) is 11.7 Å². The van der Waals surface area contributed by atoms with Gasteiger partial charge >= 0.3 is 0 Å². The summed E-state index contributed by atoms with van der Waals surface area (Å²) in [4.78, 5) is 4.67. The highest BCUT2D eigenvalue weighted by Crippen LogP contribution is 2.02. The minimum absolute atomic E-state index is 0.116. The summed E-state index contributed by atoms with van der Waals surface area (Å²) < 4.78 is 0. The standard InChI is InChI=1S/C4H5NOS.C3H8.C2H6/c6-2-4-1-5-3-7-4;1-3-2;1-2/h1,3,6H,2H2;3H2,1-2H3;1-2H3. The van der Waals surface area contributed by atoms with Gasteiger partial charge in [-0.05, 0) is 0 Å². The minimum Gasteiger partial charge on any atom is -0.391 e. The number of aliphatic hydroxyl groups excluding tert-OH is 1. The lowest BCUT2D eigenvalue weighted by molar-refractivity contribution is 0.285. The summed E-state index contributed by atoms with van der Waals surface area (Å²) >= 11 is 1.46. The molecular formula is C9H19NOS. The van der Waals surface area contributed by atoms with E-state index >= 15 is 0 Å². The zero-order valence-electron chi connectivity index (χ0n) is 8.37. The third-order valence-corrected chi connectivity index (χ3v) is 1.40. The molecule has 12 heavy (non-hydrogen) atoms. The van der Waals surface area contributed by atoms with Crippen LogP contribution in [-0.2, 0) is 6.61 Å². The molecule has 3 heteroatoms. The molecule has 1 aromatic rings. The van der Waals surface area contributed by atoms with Gasteiger partial charge < -0.3 is 5.11 Å². The Morgan fingerprint density at radius 1 is 1.42 bits per heavy atom. The number of hydrogen-bond acceptors (Lipinski definition) is 3. The zero-order valence-corrected chi connectivity index (χ0v) is 9.19. The highest BCUT2D eigenvalue weighted by atomic mass is 32.1. The van der Waals surface area contributed by atoms with E-state index in [1.807, 2.05) is 13.8 Å². The summed E-state index contributed by atoms with van der Waals surface area (Å²) in [6.45, 7) is 8.37. The van der Waals surface area contributed by atoms with Crippen molar-refractivity contribution in [3.8, 4) is 0 Å². The molecule has 0 spiro atoms. The molecule has 0 radical (unpaired) electrons. The molecule has 1 N–H and O–H groups in total. The van der Waals surface area contributed by atoms with Crippen LogP contribution < -0.4 is 0 Å². The quantitative estimate of drug-likeness (QED) is 0.736. The summed E-state index contributed by atoms with van der Waals surface area (Å²) in [5.41, 5.74) is 1.70. The fourth-order valence-electron chi connectivity index (χ4n) is 0.320. The molecule has 1 heterocycles. The molecule has 1 rings (SSSR count). The van der Waals surface area contributed by atoms with Crippen molar-refractivity contribution >= 4 is 11.3 Å². The molecule has 0 aromatic carbocycles. The largest absolute Gasteiger partial charge is 0.391 e. The summed E-state index contributed by atoms with van der Waals surface area (Å²) in [6.07, 6.45) is 2.91. The molecule has 0 amide bonds. The summed E-state index contributed by atoms with van der Waals surface area (Å²) in [6, 6.07) is 0. The number of hydrogen-bond donors (Lipinski definition) is 1. The van der Waals surface area contributed by atoms with E-state index < -0.39 is 0 Å². The van der Waals surface area contributed by atoms with Gasteiger partial charge in [0.05, 0.1) is 12.1 Å². The Morgan fingerprint density at radius 2 is 1.92 bits per heavy atom. The van der Waals surface area contributed by atoms with Gasteiger partial charge in [0.1, 0.15) is 0 Å². The van der Waals surface area contributed by atoms with Crippen molar-refractivity contribution < 1.29 is 5.11 Å². The average molecular weight is 189 g/mol. The maximum atomic E-state index is 8.40. The van der Waals surface area contributed by atoms with Crippen LogP contribution in [0.2, 0.25) is 0 Å². The van der Waals surface area contributed by atoms with E-state index in [4.69, 9.17) is 5.11 Å². The van der Waals surface area contributed by atoms with E-state index in [2.05, 4.69) is 18.8 Å². The van der Waals surface area contributed by atoms with Crippen LogP contribution in [0.3, 0.4) is 0 Å². The molecule has 0 fully saturated rings. The Kier molecular flexibility index (Phi) is 15.5. The highest BCUT2D eigenvalue weighted by molar-refractivity contribution is 7.09. The van der Waals surface area contributed by atoms with Crippen LogP contribution >= 0.6 is 11.3 Å². The van der Waals surface area contributed by atoms with Gasteiger partial charge in [-0.2, -0.15) is 0 Å². The monoisotopic (exact) mass is 189 g/mol. The molecule has 72 valence electrons. The van der Waals surface area contributed by atoms with Crippen molar-refractivity contribution in [1.29, 1.82) is 0 Å². The molecule has 0 saturated heterocycles. The van der Waals surface area contributed by atoms with Crippen LogP contribution in [0.1, 0.15) is 39.0 Å². The van der Waals surface area contributed by atoms with Crippen molar-refractivity contribution in [2.75, 3.05) is 0 Å². The Labute approximate surface area is 79.3 Å². The van der Waals surface area contributed by atoms with Gasteiger partial charge in [0.2, 0.25) is 0 Å². The zero-order chi connectivity index (χ0) is 9.82. The molecule has 0 aliphatic rings. The smallest absolute Gasteiger partial charge is 0.0795 e. The summed E-state index contributed by atoms with van der Waals surface area (Å²) in [7, 11) is 0. The summed E-state index contributed by atoms with van der Waals surface area (Å²) in [5, 5.41) is 8.40. The first-order valence-electron chi connectivity index (χ1n) is 4.33. The predicted molar refractivity (Wildman–Crippen MR) is 55.3 cm³/mol. The van der Waals surface area contributed by atoms with Crippen LogP contribution in [0.25, 0.3) is 0 Å². The number of rotatable bonds is 1. The van der Waals surface area contributed by atoms with E-state index in [0.717, 1.165) is 4.88 Å². The topological polar surface area (TPSA) is 33.1 Å². The molecular weight excluding hydrogens is 170 g/mol. The lowest BCUT2D eigenvalue weighted by atomic mass is 10.6. The first-order valence-corrected chi connectivity index (χ1v) is 5.21. The van der Waals surface area contributed by atoms with Gasteiger partial charge in [0.25, 0.3) is 0 Å². The van der Waals surface area contributed by atoms with Gasteiger partial charge in [-0.25, -0.2) is 0 Å². The van der Waals surface area contributed by atoms with Gasteiger partial charge in [-0.1, -0.05) is 34.1 Å². The third-order valence-electron chi connectivity index (χ3n) is 0.639. The van der Waals surface area contributed by atoms with Crippen LogP contribution in [0.5, 0.6) is 0 Å². The van der Waals surface area contributed by atoms with Crippen molar-refractivity contribution in [3.63, 3.8) is 0 Å². The maximum absolute atomic E-state index is 8.40. The summed E-state index contributed by atoms with van der Waals surface area (Å²) in [5.74, 6) is 0. The predicted octanol–water partition coefficient (Wildman–Crippen LogP) is 3.08. The molecule has 0 atom stereocenters. The Morgan fingerprint density at radius 3 is 2.08 bits per heavy atom. The Bertz CT molecular complexity index is 140. The number of aromatic nitrogens is 1. The lowest BCUT2D eigenvalue weighted by Gasteiger charge is -1.76. The average Bonchev–Trinajstić information content (AvgIpc) is 2.61. The van der Waals surface area contributed by atoms with Crippen molar-refractivity contribution in [1.82, 2.24) is 4.98 Å². The fourth-order valence-corrected chi connectivity index (χ4v) is 0.774. The normalized spacial score (nSPS) is 7.42. The van der Waals surface area contributed by atoms with E-state index in [9.17, 15) is 0 Å². The lowest BCUT2D eigenvalue weighted by Crippen LogP contribution is -1.70. The second-order valence-electron chi connectivity index (χ2n) is 1.83. The second kappa shape index (κ2) is 13.2. The number of nitrogens with zero attached hydrogens (tertiary/aromatic N) is 1. The van der Waals surface area contributed by atoms with Crippen molar-refractivity contribution in [2.24, 2.45) is 0 Å². The highest BCUT2D eigenvalue weighted by Gasteiger charge is 1.85. The molecule has 0 aliphatic heterocycles. The minimum atomic E-state index is 0.116. The number of thiazole rings is 1. The van der Waals surface area contributed by atoms with Gasteiger partial charge in [0, 0.05) is 11.1 Å². The number of aliphatic hydroxyl groups is 1. The Balaban J connectivity index is 0. The van der Waals surface area contributed by atoms with Gasteiger partial charge in [0.15, 0.2) is 0 Å². The van der Waals surface area contributed by atoms with Crippen LogP contribution in [0, 0.1) is 0 Å². The van der Waals surface area contributed by atoms with Crippen LogP contribution in [-0.4, -0.2) is 10.1 Å². The SMILES string of the molecule is CC.CCC.OCc1cncs1. The molecule has 1 aromatic heterocycles. The van der Waals surface area contributed by atoms with Crippen molar-refractivity contribution in [2.45, 2.75) is 40.7 Å². The first-order chi connectivity index (χ1) is 5.85. The second-order valence-corrected chi connectivity index (χ2v) is 2.80. The Hall–Kier alpha value is -0.410. The van der Waals surface area contributed by atoms with E-state index in [-0.39, 0.29) is 6.61 Å². The molecule has 2 nitrogen and oxygen atoms in total. The van der Waals surface area contributed by atoms with Crippen molar-refractivity contribution in [3.05, 3.63) is 16.6 Å². The third kappa shape index (κ3) is 9.59. The molecule has 0 bridgehead atoms. The molecule has 0 saturated carbocycles. The first kappa shape index (κ1) is 14.1. The van der Waals surface area contributed by atoms with Gasteiger partial charge in [-0.15, -0.1) is 11.3 Å². The molecule has 0 unspecified atom stereocenters. The van der Waals surface area contributed by atoms with Crippen LogP contribution in [0.15, 0.2) is 11.7 Å². The van der Waals surface area contributed by atoms with Crippen LogP contribution in [0.4, 0.5) is 0 Å².